The monoisotopic (exact) mass is 330 g/mol. The Hall–Kier alpha value is -2.14. The molecule has 0 aliphatic carbocycles. The largest absolute Gasteiger partial charge is 0.491 e. The van der Waals surface area contributed by atoms with Gasteiger partial charge in [-0.25, -0.2) is 0 Å². The van der Waals surface area contributed by atoms with Gasteiger partial charge in [0.2, 0.25) is 0 Å². The molecule has 1 heterocycles. The van der Waals surface area contributed by atoms with Crippen LogP contribution < -0.4 is 10.1 Å². The number of amides is 1. The third-order valence-electron chi connectivity index (χ3n) is 3.61. The summed E-state index contributed by atoms with van der Waals surface area (Å²) in [4.78, 5) is 16.9. The van der Waals surface area contributed by atoms with Gasteiger partial charge in [0.1, 0.15) is 16.9 Å². The van der Waals surface area contributed by atoms with Gasteiger partial charge in [-0.2, -0.15) is 0 Å². The van der Waals surface area contributed by atoms with Gasteiger partial charge in [0.25, 0.3) is 5.91 Å². The average Bonchev–Trinajstić information content (AvgIpc) is 2.53. The molecule has 0 unspecified atom stereocenters. The number of ether oxygens (including phenoxy) is 2. The van der Waals surface area contributed by atoms with Gasteiger partial charge in [-0.3, -0.25) is 9.78 Å². The minimum absolute atomic E-state index is 0.189. The lowest BCUT2D eigenvalue weighted by atomic mass is 10.1. The highest BCUT2D eigenvalue weighted by atomic mass is 16.5. The van der Waals surface area contributed by atoms with E-state index in [1.807, 2.05) is 31.2 Å². The Bertz CT molecular complexity index is 711. The van der Waals surface area contributed by atoms with Crippen molar-refractivity contribution in [1.82, 2.24) is 4.98 Å². The Labute approximate surface area is 143 Å². The molecule has 5 heteroatoms. The van der Waals surface area contributed by atoms with Gasteiger partial charge in [-0.1, -0.05) is 13.8 Å². The second-order valence-electron chi connectivity index (χ2n) is 6.61. The molecule has 0 bridgehead atoms. The lowest BCUT2D eigenvalue weighted by Crippen LogP contribution is -2.39. The molecule has 0 fully saturated rings. The Morgan fingerprint density at radius 2 is 2.04 bits per heavy atom. The first-order chi connectivity index (χ1) is 11.3. The molecule has 0 saturated carbocycles. The van der Waals surface area contributed by atoms with Crippen molar-refractivity contribution in [2.45, 2.75) is 40.2 Å². The highest BCUT2D eigenvalue weighted by Crippen LogP contribution is 2.31. The number of aromatic nitrogens is 1. The number of anilines is 1. The van der Waals surface area contributed by atoms with Crippen molar-refractivity contribution >= 4 is 22.5 Å². The minimum atomic E-state index is -0.893. The highest BCUT2D eigenvalue weighted by molar-refractivity contribution is 6.05. The summed E-state index contributed by atoms with van der Waals surface area (Å²) in [7, 11) is 0. The summed E-state index contributed by atoms with van der Waals surface area (Å²) < 4.78 is 11.4. The summed E-state index contributed by atoms with van der Waals surface area (Å²) in [6.45, 7) is 10.7. The maximum atomic E-state index is 12.5. The molecule has 1 amide bonds. The minimum Gasteiger partial charge on any atom is -0.491 e. The molecule has 5 nitrogen and oxygen atoms in total. The summed E-state index contributed by atoms with van der Waals surface area (Å²) in [6, 6.07) is 7.46. The quantitative estimate of drug-likeness (QED) is 0.833. The van der Waals surface area contributed by atoms with Gasteiger partial charge >= 0.3 is 0 Å². The Balaban J connectivity index is 2.32. The van der Waals surface area contributed by atoms with Crippen LogP contribution in [0.3, 0.4) is 0 Å². The summed E-state index contributed by atoms with van der Waals surface area (Å²) >= 11 is 0. The van der Waals surface area contributed by atoms with E-state index in [0.29, 0.717) is 24.8 Å². The lowest BCUT2D eigenvalue weighted by molar-refractivity contribution is -0.136. The topological polar surface area (TPSA) is 60.5 Å². The molecule has 0 spiro atoms. The molecule has 0 aliphatic heterocycles. The molecule has 1 aromatic heterocycles. The van der Waals surface area contributed by atoms with Crippen LogP contribution in [-0.4, -0.2) is 29.7 Å². The summed E-state index contributed by atoms with van der Waals surface area (Å²) in [6.07, 6.45) is 1.72. The van der Waals surface area contributed by atoms with Crippen molar-refractivity contribution in [1.29, 1.82) is 0 Å². The van der Waals surface area contributed by atoms with Crippen molar-refractivity contribution in [3.05, 3.63) is 30.5 Å². The number of hydrogen-bond donors (Lipinski definition) is 1. The van der Waals surface area contributed by atoms with Gasteiger partial charge < -0.3 is 14.8 Å². The predicted octanol–water partition coefficient (Wildman–Crippen LogP) is 4.02. The number of pyridine rings is 1. The molecule has 0 saturated heterocycles. The molecule has 24 heavy (non-hydrogen) atoms. The van der Waals surface area contributed by atoms with Crippen molar-refractivity contribution < 1.29 is 14.3 Å². The Kier molecular flexibility index (Phi) is 5.78. The summed E-state index contributed by atoms with van der Waals surface area (Å²) in [5, 5.41) is 3.79. The smallest absolute Gasteiger partial charge is 0.256 e. The Morgan fingerprint density at radius 3 is 2.71 bits per heavy atom. The molecule has 0 radical (unpaired) electrons. The molecule has 1 aromatic carbocycles. The number of hydrogen-bond acceptors (Lipinski definition) is 4. The molecule has 0 atom stereocenters. The van der Waals surface area contributed by atoms with Crippen LogP contribution in [0.25, 0.3) is 10.9 Å². The average molecular weight is 330 g/mol. The fourth-order valence-corrected chi connectivity index (χ4v) is 2.33. The van der Waals surface area contributed by atoms with Crippen LogP contribution in [0.5, 0.6) is 5.75 Å². The van der Waals surface area contributed by atoms with Gasteiger partial charge in [0.15, 0.2) is 0 Å². The maximum absolute atomic E-state index is 12.5. The van der Waals surface area contributed by atoms with Crippen LogP contribution in [0.2, 0.25) is 0 Å². The van der Waals surface area contributed by atoms with Gasteiger partial charge in [0.05, 0.1) is 12.3 Å². The molecule has 2 aromatic rings. The number of rotatable bonds is 7. The normalized spacial score (nSPS) is 11.8. The fraction of sp³-hybridized carbons (Fsp3) is 0.474. The SMILES string of the molecule is CCOC(C)(C)C(=O)Nc1ccc(OCC(C)C)c2ncccc12. The van der Waals surface area contributed by atoms with E-state index in [4.69, 9.17) is 9.47 Å². The number of nitrogens with one attached hydrogen (secondary N) is 1. The number of nitrogens with zero attached hydrogens (tertiary/aromatic N) is 1. The molecule has 0 aliphatic rings. The number of fused-ring (bicyclic) bond motifs is 1. The summed E-state index contributed by atoms with van der Waals surface area (Å²) in [5.74, 6) is 0.960. The number of carbonyl (C=O) groups excluding carboxylic acids is 1. The van der Waals surface area contributed by atoms with Crippen molar-refractivity contribution in [3.8, 4) is 5.75 Å². The number of carbonyl (C=O) groups is 1. The van der Waals surface area contributed by atoms with E-state index in [1.165, 1.54) is 0 Å². The van der Waals surface area contributed by atoms with E-state index in [0.717, 1.165) is 16.7 Å². The van der Waals surface area contributed by atoms with Gasteiger partial charge in [-0.15, -0.1) is 0 Å². The lowest BCUT2D eigenvalue weighted by Gasteiger charge is -2.24. The van der Waals surface area contributed by atoms with E-state index >= 15 is 0 Å². The van der Waals surface area contributed by atoms with Gasteiger partial charge in [-0.05, 0) is 51.0 Å². The van der Waals surface area contributed by atoms with Crippen molar-refractivity contribution in [2.24, 2.45) is 5.92 Å². The zero-order chi connectivity index (χ0) is 17.7. The molecule has 2 rings (SSSR count). The van der Waals surface area contributed by atoms with Crippen molar-refractivity contribution in [2.75, 3.05) is 18.5 Å². The standard InChI is InChI=1S/C19H26N2O3/c1-6-24-19(4,5)18(22)21-15-9-10-16(23-12-13(2)3)17-14(15)8-7-11-20-17/h7-11,13H,6,12H2,1-5H3,(H,21,22). The highest BCUT2D eigenvalue weighted by Gasteiger charge is 2.28. The third-order valence-corrected chi connectivity index (χ3v) is 3.61. The molecule has 130 valence electrons. The number of benzene rings is 1. The van der Waals surface area contributed by atoms with Crippen LogP contribution in [0.15, 0.2) is 30.5 Å². The van der Waals surface area contributed by atoms with E-state index in [1.54, 1.807) is 20.0 Å². The molecular weight excluding hydrogens is 304 g/mol. The van der Waals surface area contributed by atoms with Crippen molar-refractivity contribution in [3.63, 3.8) is 0 Å². The first-order valence-electron chi connectivity index (χ1n) is 8.31. The van der Waals surface area contributed by atoms with Crippen LogP contribution in [0.1, 0.15) is 34.6 Å². The first-order valence-corrected chi connectivity index (χ1v) is 8.31. The van der Waals surface area contributed by atoms with E-state index in [-0.39, 0.29) is 5.91 Å². The second kappa shape index (κ2) is 7.62. The van der Waals surface area contributed by atoms with E-state index in [2.05, 4.69) is 24.1 Å². The van der Waals surface area contributed by atoms with Crippen LogP contribution in [0, 0.1) is 5.92 Å². The zero-order valence-corrected chi connectivity index (χ0v) is 15.1. The van der Waals surface area contributed by atoms with Crippen LogP contribution >= 0.6 is 0 Å². The van der Waals surface area contributed by atoms with E-state index < -0.39 is 5.60 Å². The summed E-state index contributed by atoms with van der Waals surface area (Å²) in [5.41, 5.74) is 0.550. The molecule has 1 N–H and O–H groups in total. The molecular formula is C19H26N2O3. The maximum Gasteiger partial charge on any atom is 0.256 e. The van der Waals surface area contributed by atoms with Crippen LogP contribution in [0.4, 0.5) is 5.69 Å². The van der Waals surface area contributed by atoms with Crippen LogP contribution in [-0.2, 0) is 9.53 Å². The first kappa shape index (κ1) is 18.2. The van der Waals surface area contributed by atoms with E-state index in [9.17, 15) is 4.79 Å². The Morgan fingerprint density at radius 1 is 1.29 bits per heavy atom. The fourth-order valence-electron chi connectivity index (χ4n) is 2.33. The van der Waals surface area contributed by atoms with Gasteiger partial charge in [0, 0.05) is 18.2 Å². The third kappa shape index (κ3) is 4.23. The predicted molar refractivity (Wildman–Crippen MR) is 96.4 cm³/mol. The second-order valence-corrected chi connectivity index (χ2v) is 6.61. The zero-order valence-electron chi connectivity index (χ0n) is 15.1.